The molecule has 0 bridgehead atoms. The summed E-state index contributed by atoms with van der Waals surface area (Å²) in [5.74, 6) is 0. The maximum atomic E-state index is 13.6. The zero-order valence-electron chi connectivity index (χ0n) is 18.7. The fraction of sp³-hybridized carbons (Fsp3) is 0.217. The van der Waals surface area contributed by atoms with Gasteiger partial charge < -0.3 is 9.47 Å². The van der Waals surface area contributed by atoms with Crippen molar-refractivity contribution in [1.82, 2.24) is 4.31 Å². The number of benzene rings is 2. The normalized spacial score (nSPS) is 14.7. The summed E-state index contributed by atoms with van der Waals surface area (Å²) in [6.45, 7) is -0.619. The van der Waals surface area contributed by atoms with Crippen LogP contribution in [0.4, 0.5) is 13.2 Å². The van der Waals surface area contributed by atoms with Crippen molar-refractivity contribution in [1.29, 1.82) is 0 Å². The fourth-order valence-electron chi connectivity index (χ4n) is 3.51. The molecular weight excluding hydrogens is 539 g/mol. The highest BCUT2D eigenvalue weighted by atomic mass is 32.2. The molecule has 3 aromatic rings. The Hall–Kier alpha value is -2.87. The molecule has 0 saturated carbocycles. The van der Waals surface area contributed by atoms with Crippen LogP contribution in [0.25, 0.3) is 10.4 Å². The smallest absolute Gasteiger partial charge is 0.417 e. The fourth-order valence-corrected chi connectivity index (χ4v) is 6.89. The van der Waals surface area contributed by atoms with E-state index in [9.17, 15) is 30.0 Å². The van der Waals surface area contributed by atoms with E-state index in [1.54, 1.807) is 24.3 Å². The van der Waals surface area contributed by atoms with Gasteiger partial charge in [-0.15, -0.1) is 11.3 Å². The molecule has 0 N–H and O–H groups in total. The summed E-state index contributed by atoms with van der Waals surface area (Å²) < 4.78 is 103. The Morgan fingerprint density at radius 3 is 2.31 bits per heavy atom. The van der Waals surface area contributed by atoms with Gasteiger partial charge in [-0.1, -0.05) is 24.3 Å². The van der Waals surface area contributed by atoms with E-state index < -0.39 is 42.8 Å². The van der Waals surface area contributed by atoms with Crippen molar-refractivity contribution in [3.8, 4) is 10.4 Å². The van der Waals surface area contributed by atoms with Crippen molar-refractivity contribution in [3.05, 3.63) is 83.6 Å². The number of sulfone groups is 1. The number of halogens is 3. The lowest BCUT2D eigenvalue weighted by atomic mass is 10.2. The van der Waals surface area contributed by atoms with Gasteiger partial charge in [-0.25, -0.2) is 16.8 Å². The molecule has 2 heterocycles. The molecule has 0 unspecified atom stereocenters. The second kappa shape index (κ2) is 9.88. The molecule has 1 aromatic heterocycles. The predicted molar refractivity (Wildman–Crippen MR) is 127 cm³/mol. The molecule has 1 aliphatic rings. The maximum absolute atomic E-state index is 13.6. The largest absolute Gasteiger partial charge is 0.458 e. The van der Waals surface area contributed by atoms with Crippen molar-refractivity contribution >= 4 is 31.2 Å². The second-order valence-electron chi connectivity index (χ2n) is 7.83. The molecule has 13 heteroatoms. The Bertz CT molecular complexity index is 1490. The van der Waals surface area contributed by atoms with Crippen LogP contribution in [-0.4, -0.2) is 40.2 Å². The first kappa shape index (κ1) is 26.2. The number of alkyl halides is 3. The number of hydrogen-bond donors (Lipinski definition) is 0. The third kappa shape index (κ3) is 5.75. The van der Waals surface area contributed by atoms with Gasteiger partial charge in [0.1, 0.15) is 12.5 Å². The lowest BCUT2D eigenvalue weighted by Crippen LogP contribution is -2.38. The molecule has 0 fully saturated rings. The molecule has 0 atom stereocenters. The maximum Gasteiger partial charge on any atom is 0.417 e. The van der Waals surface area contributed by atoms with Crippen LogP contribution in [0.3, 0.4) is 0 Å². The minimum absolute atomic E-state index is 0.131. The Balaban J connectivity index is 1.68. The summed E-state index contributed by atoms with van der Waals surface area (Å²) in [6, 6.07) is 13.6. The SMILES string of the molecule is CS(=O)(=O)c1cccc(-c2ccc(CN(CC3OC=CO3)S(=O)(=O)c3ccccc3C(F)(F)F)s2)c1. The number of hydrogen-bond acceptors (Lipinski definition) is 7. The quantitative estimate of drug-likeness (QED) is 0.391. The molecule has 0 radical (unpaired) electrons. The zero-order valence-corrected chi connectivity index (χ0v) is 21.1. The average Bonchev–Trinajstić information content (AvgIpc) is 3.50. The highest BCUT2D eigenvalue weighted by molar-refractivity contribution is 7.90. The number of rotatable bonds is 8. The Labute approximate surface area is 210 Å². The first-order valence-electron chi connectivity index (χ1n) is 10.4. The minimum Gasteiger partial charge on any atom is -0.458 e. The average molecular weight is 560 g/mol. The van der Waals surface area contributed by atoms with Crippen molar-refractivity contribution < 1.29 is 39.5 Å². The molecule has 2 aromatic carbocycles. The van der Waals surface area contributed by atoms with Crippen molar-refractivity contribution in [2.45, 2.75) is 28.8 Å². The number of thiophene rings is 1. The molecule has 0 aliphatic carbocycles. The predicted octanol–water partition coefficient (Wildman–Crippen LogP) is 4.87. The molecule has 0 spiro atoms. The standard InChI is InChI=1S/C23H20F3NO6S3/c1-35(28,29)18-6-4-5-16(13-18)20-10-9-17(34-20)14-27(15-22-32-11-12-33-22)36(30,31)21-8-3-2-7-19(21)23(24,25)26/h2-13,22H,14-15H2,1H3. The summed E-state index contributed by atoms with van der Waals surface area (Å²) in [5.41, 5.74) is -0.663. The van der Waals surface area contributed by atoms with Crippen molar-refractivity contribution in [2.75, 3.05) is 12.8 Å². The van der Waals surface area contributed by atoms with Gasteiger partial charge in [-0.05, 0) is 42.0 Å². The molecule has 0 amide bonds. The molecule has 1 aliphatic heterocycles. The van der Waals surface area contributed by atoms with E-state index in [1.165, 1.54) is 42.1 Å². The van der Waals surface area contributed by atoms with Crippen LogP contribution in [0.2, 0.25) is 0 Å². The number of nitrogens with zero attached hydrogens (tertiary/aromatic N) is 1. The third-order valence-corrected chi connectivity index (χ3v) is 9.32. The molecule has 36 heavy (non-hydrogen) atoms. The Morgan fingerprint density at radius 2 is 1.64 bits per heavy atom. The van der Waals surface area contributed by atoms with Crippen LogP contribution >= 0.6 is 11.3 Å². The van der Waals surface area contributed by atoms with Crippen LogP contribution in [0.1, 0.15) is 10.4 Å². The van der Waals surface area contributed by atoms with Crippen LogP contribution in [0.15, 0.2) is 83.0 Å². The van der Waals surface area contributed by atoms with Gasteiger partial charge in [0.15, 0.2) is 9.84 Å². The number of ether oxygens (including phenoxy) is 2. The van der Waals surface area contributed by atoms with Gasteiger partial charge in [-0.3, -0.25) is 0 Å². The van der Waals surface area contributed by atoms with Crippen molar-refractivity contribution in [2.24, 2.45) is 0 Å². The van der Waals surface area contributed by atoms with E-state index >= 15 is 0 Å². The second-order valence-corrected chi connectivity index (χ2v) is 12.9. The van der Waals surface area contributed by atoms with Gasteiger partial charge >= 0.3 is 6.18 Å². The minimum atomic E-state index is -4.88. The monoisotopic (exact) mass is 559 g/mol. The summed E-state index contributed by atoms with van der Waals surface area (Å²) in [5, 5.41) is 0. The van der Waals surface area contributed by atoms with Gasteiger partial charge in [0.05, 0.1) is 21.9 Å². The van der Waals surface area contributed by atoms with Crippen LogP contribution in [0.5, 0.6) is 0 Å². The highest BCUT2D eigenvalue weighted by Crippen LogP contribution is 2.37. The van der Waals surface area contributed by atoms with E-state index in [1.807, 2.05) is 0 Å². The van der Waals surface area contributed by atoms with Crippen LogP contribution < -0.4 is 0 Å². The molecule has 0 saturated heterocycles. The molecule has 192 valence electrons. The third-order valence-electron chi connectivity index (χ3n) is 5.22. The van der Waals surface area contributed by atoms with E-state index in [4.69, 9.17) is 9.47 Å². The molecule has 4 rings (SSSR count). The van der Waals surface area contributed by atoms with Crippen LogP contribution in [0, 0.1) is 0 Å². The van der Waals surface area contributed by atoms with E-state index in [0.29, 0.717) is 21.4 Å². The van der Waals surface area contributed by atoms with E-state index in [2.05, 4.69) is 0 Å². The topological polar surface area (TPSA) is 90.0 Å². The first-order valence-corrected chi connectivity index (χ1v) is 14.5. The summed E-state index contributed by atoms with van der Waals surface area (Å²) in [4.78, 5) is 0.444. The molecular formula is C23H20F3NO6S3. The van der Waals surface area contributed by atoms with Crippen molar-refractivity contribution in [3.63, 3.8) is 0 Å². The Morgan fingerprint density at radius 1 is 0.944 bits per heavy atom. The summed E-state index contributed by atoms with van der Waals surface area (Å²) >= 11 is 1.19. The summed E-state index contributed by atoms with van der Waals surface area (Å²) in [7, 11) is -8.06. The lowest BCUT2D eigenvalue weighted by Gasteiger charge is -2.25. The highest BCUT2D eigenvalue weighted by Gasteiger charge is 2.40. The van der Waals surface area contributed by atoms with E-state index in [0.717, 1.165) is 22.7 Å². The van der Waals surface area contributed by atoms with Gasteiger partial charge in [-0.2, -0.15) is 17.5 Å². The molecule has 7 nitrogen and oxygen atoms in total. The summed E-state index contributed by atoms with van der Waals surface area (Å²) in [6.07, 6.45) is -2.37. The van der Waals surface area contributed by atoms with Crippen LogP contribution in [-0.2, 0) is 42.1 Å². The van der Waals surface area contributed by atoms with Gasteiger partial charge in [0.25, 0.3) is 6.29 Å². The Kier molecular flexibility index (Phi) is 7.19. The number of sulfonamides is 1. The van der Waals surface area contributed by atoms with Gasteiger partial charge in [0.2, 0.25) is 10.0 Å². The lowest BCUT2D eigenvalue weighted by molar-refractivity contribution is -0.139. The van der Waals surface area contributed by atoms with E-state index in [-0.39, 0.29) is 18.0 Å². The zero-order chi connectivity index (χ0) is 26.1. The van der Waals surface area contributed by atoms with Gasteiger partial charge in [0, 0.05) is 22.6 Å². The first-order chi connectivity index (χ1) is 16.9.